The molecule has 0 radical (unpaired) electrons. The molecule has 0 aliphatic carbocycles. The summed E-state index contributed by atoms with van der Waals surface area (Å²) in [7, 11) is 2.09. The molecule has 1 aliphatic heterocycles. The van der Waals surface area contributed by atoms with Gasteiger partial charge in [0.15, 0.2) is 0 Å². The number of benzene rings is 3. The number of hydrogen-bond acceptors (Lipinski definition) is 6. The van der Waals surface area contributed by atoms with Crippen LogP contribution in [0, 0.1) is 5.92 Å². The van der Waals surface area contributed by atoms with Crippen LogP contribution in [0.5, 0.6) is 5.75 Å². The van der Waals surface area contributed by atoms with E-state index in [2.05, 4.69) is 36.3 Å². The normalized spacial score (nSPS) is 20.5. The van der Waals surface area contributed by atoms with Crippen LogP contribution >= 0.6 is 0 Å². The minimum Gasteiger partial charge on any atom is -0.490 e. The van der Waals surface area contributed by atoms with Crippen molar-refractivity contribution < 1.29 is 24.2 Å². The molecule has 0 fully saturated rings. The molecule has 0 aromatic heterocycles. The molecule has 1 aliphatic rings. The molecular weight excluding hydrogens is 566 g/mol. The number of ether oxygens (including phenoxy) is 2. The highest BCUT2D eigenvalue weighted by Crippen LogP contribution is 2.28. The summed E-state index contributed by atoms with van der Waals surface area (Å²) < 4.78 is 12.8. The first-order valence-corrected chi connectivity index (χ1v) is 16.1. The maximum atomic E-state index is 14.3. The molecule has 4 rings (SSSR count). The number of aliphatic hydroxyl groups excluding tert-OH is 1. The van der Waals surface area contributed by atoms with Gasteiger partial charge < -0.3 is 24.8 Å². The number of fused-ring (bicyclic) bond motifs is 1. The number of rotatable bonds is 9. The van der Waals surface area contributed by atoms with Crippen LogP contribution in [0.1, 0.15) is 61.5 Å². The predicted octanol–water partition coefficient (Wildman–Crippen LogP) is 5.80. The molecule has 242 valence electrons. The van der Waals surface area contributed by atoms with Gasteiger partial charge in [0.1, 0.15) is 5.75 Å². The van der Waals surface area contributed by atoms with Crippen LogP contribution < -0.4 is 10.1 Å². The highest BCUT2D eigenvalue weighted by atomic mass is 16.5. The molecule has 0 saturated carbocycles. The topological polar surface area (TPSA) is 91.3 Å². The van der Waals surface area contributed by atoms with Crippen molar-refractivity contribution >= 4 is 17.5 Å². The fourth-order valence-electron chi connectivity index (χ4n) is 5.72. The van der Waals surface area contributed by atoms with Crippen molar-refractivity contribution in [3.8, 4) is 5.75 Å². The Morgan fingerprint density at radius 1 is 1.02 bits per heavy atom. The number of nitrogens with zero attached hydrogens (tertiary/aromatic N) is 2. The number of amides is 2. The summed E-state index contributed by atoms with van der Waals surface area (Å²) in [6, 6.07) is 24.7. The Hall–Kier alpha value is -3.72. The maximum Gasteiger partial charge on any atom is 0.258 e. The molecule has 2 N–H and O–H groups in total. The van der Waals surface area contributed by atoms with Crippen LogP contribution in [0.3, 0.4) is 0 Å². The Bertz CT molecular complexity index is 1350. The highest BCUT2D eigenvalue weighted by Gasteiger charge is 2.30. The number of nitrogens with one attached hydrogen (secondary N) is 1. The SMILES string of the molecule is C[C@H]1CCCCO[C@H](CN(C)Cc2ccccc2)[C@@H](C)CN([C@@H](C)CO)C(=O)c2cc(NC(=O)Cc3ccccc3)ccc2O1. The molecule has 0 spiro atoms. The van der Waals surface area contributed by atoms with Gasteiger partial charge in [0.05, 0.1) is 36.8 Å². The van der Waals surface area contributed by atoms with Crippen molar-refractivity contribution in [2.45, 2.75) is 71.2 Å². The van der Waals surface area contributed by atoms with Gasteiger partial charge in [0.25, 0.3) is 5.91 Å². The molecule has 0 saturated heterocycles. The predicted molar refractivity (Wildman–Crippen MR) is 178 cm³/mol. The maximum absolute atomic E-state index is 14.3. The van der Waals surface area contributed by atoms with Crippen molar-refractivity contribution in [1.29, 1.82) is 0 Å². The van der Waals surface area contributed by atoms with Crippen molar-refractivity contribution in [3.63, 3.8) is 0 Å². The van der Waals surface area contributed by atoms with Crippen LogP contribution in [-0.2, 0) is 22.5 Å². The van der Waals surface area contributed by atoms with Gasteiger partial charge in [-0.3, -0.25) is 14.5 Å². The van der Waals surface area contributed by atoms with Gasteiger partial charge in [-0.1, -0.05) is 67.6 Å². The number of carbonyl (C=O) groups is 2. The Balaban J connectivity index is 1.59. The van der Waals surface area contributed by atoms with Gasteiger partial charge in [0.2, 0.25) is 5.91 Å². The lowest BCUT2D eigenvalue weighted by atomic mass is 10.0. The van der Waals surface area contributed by atoms with E-state index in [1.807, 2.05) is 62.4 Å². The Morgan fingerprint density at radius 3 is 2.40 bits per heavy atom. The van der Waals surface area contributed by atoms with E-state index in [0.717, 1.165) is 31.4 Å². The smallest absolute Gasteiger partial charge is 0.258 e. The van der Waals surface area contributed by atoms with E-state index in [4.69, 9.17) is 9.47 Å². The molecule has 8 heteroatoms. The lowest BCUT2D eigenvalue weighted by molar-refractivity contribution is -0.115. The van der Waals surface area contributed by atoms with E-state index in [0.29, 0.717) is 36.7 Å². The molecule has 2 amide bonds. The van der Waals surface area contributed by atoms with Crippen LogP contribution in [0.15, 0.2) is 78.9 Å². The van der Waals surface area contributed by atoms with Gasteiger partial charge in [0, 0.05) is 37.8 Å². The van der Waals surface area contributed by atoms with E-state index in [-0.39, 0.29) is 43.0 Å². The molecule has 1 heterocycles. The number of likely N-dealkylation sites (N-methyl/N-ethyl adjacent to an activating group) is 1. The quantitative estimate of drug-likeness (QED) is 0.317. The van der Waals surface area contributed by atoms with E-state index in [9.17, 15) is 14.7 Å². The summed E-state index contributed by atoms with van der Waals surface area (Å²) in [5.41, 5.74) is 3.03. The summed E-state index contributed by atoms with van der Waals surface area (Å²) in [6.45, 7) is 8.31. The Morgan fingerprint density at radius 2 is 1.71 bits per heavy atom. The first kappa shape index (κ1) is 34.2. The number of hydrogen-bond donors (Lipinski definition) is 2. The van der Waals surface area contributed by atoms with Crippen LogP contribution in [-0.4, -0.2) is 78.3 Å². The second-order valence-electron chi connectivity index (χ2n) is 12.4. The lowest BCUT2D eigenvalue weighted by Crippen LogP contribution is -2.47. The standard InChI is InChI=1S/C37H49N3O5/c1-27-23-40(28(2)26-41)37(43)33-22-32(38-36(42)21-30-14-7-5-8-15-30)18-19-34(33)45-29(3)13-11-12-20-44-35(27)25-39(4)24-31-16-9-6-10-17-31/h5-10,14-19,22,27-29,35,41H,11-13,20-21,23-26H2,1-4H3,(H,38,42)/t27-,28-,29-,35+/m0/s1. The van der Waals surface area contributed by atoms with Crippen LogP contribution in [0.25, 0.3) is 0 Å². The monoisotopic (exact) mass is 615 g/mol. The zero-order valence-electron chi connectivity index (χ0n) is 27.2. The van der Waals surface area contributed by atoms with E-state index < -0.39 is 6.04 Å². The molecule has 0 unspecified atom stereocenters. The van der Waals surface area contributed by atoms with E-state index in [1.165, 1.54) is 5.56 Å². The van der Waals surface area contributed by atoms with Gasteiger partial charge >= 0.3 is 0 Å². The third-order valence-electron chi connectivity index (χ3n) is 8.33. The van der Waals surface area contributed by atoms with E-state index >= 15 is 0 Å². The first-order valence-electron chi connectivity index (χ1n) is 16.1. The van der Waals surface area contributed by atoms with Gasteiger partial charge in [-0.2, -0.15) is 0 Å². The molecule has 4 atom stereocenters. The fraction of sp³-hybridized carbons (Fsp3) is 0.459. The lowest BCUT2D eigenvalue weighted by Gasteiger charge is -2.36. The largest absolute Gasteiger partial charge is 0.490 e. The van der Waals surface area contributed by atoms with Gasteiger partial charge in [-0.05, 0) is 69.5 Å². The van der Waals surface area contributed by atoms with Crippen molar-refractivity contribution in [3.05, 3.63) is 95.6 Å². The minimum atomic E-state index is -0.433. The second-order valence-corrected chi connectivity index (χ2v) is 12.4. The van der Waals surface area contributed by atoms with Crippen molar-refractivity contribution in [2.24, 2.45) is 5.92 Å². The zero-order chi connectivity index (χ0) is 32.2. The third kappa shape index (κ3) is 10.4. The molecular formula is C37H49N3O5. The third-order valence-corrected chi connectivity index (χ3v) is 8.33. The molecule has 45 heavy (non-hydrogen) atoms. The van der Waals surface area contributed by atoms with Crippen molar-refractivity contribution in [1.82, 2.24) is 9.80 Å². The second kappa shape index (κ2) is 17.1. The fourth-order valence-corrected chi connectivity index (χ4v) is 5.72. The Kier molecular flexibility index (Phi) is 13.0. The number of anilines is 1. The Labute approximate surface area is 268 Å². The molecule has 3 aromatic rings. The molecule has 3 aromatic carbocycles. The van der Waals surface area contributed by atoms with Crippen LogP contribution in [0.2, 0.25) is 0 Å². The zero-order valence-corrected chi connectivity index (χ0v) is 27.2. The first-order chi connectivity index (χ1) is 21.7. The summed E-state index contributed by atoms with van der Waals surface area (Å²) in [5, 5.41) is 13.2. The average Bonchev–Trinajstić information content (AvgIpc) is 3.03. The van der Waals surface area contributed by atoms with Crippen molar-refractivity contribution in [2.75, 3.05) is 38.7 Å². The summed E-state index contributed by atoms with van der Waals surface area (Å²) >= 11 is 0. The van der Waals surface area contributed by atoms with Gasteiger partial charge in [-0.15, -0.1) is 0 Å². The average molecular weight is 616 g/mol. The van der Waals surface area contributed by atoms with Crippen LogP contribution in [0.4, 0.5) is 5.69 Å². The highest BCUT2D eigenvalue weighted by molar-refractivity contribution is 6.00. The van der Waals surface area contributed by atoms with Gasteiger partial charge in [-0.25, -0.2) is 0 Å². The summed E-state index contributed by atoms with van der Waals surface area (Å²) in [4.78, 5) is 31.2. The summed E-state index contributed by atoms with van der Waals surface area (Å²) in [5.74, 6) is 0.0424. The molecule has 8 nitrogen and oxygen atoms in total. The van der Waals surface area contributed by atoms with E-state index in [1.54, 1.807) is 23.1 Å². The number of carbonyl (C=O) groups excluding carboxylic acids is 2. The summed E-state index contributed by atoms with van der Waals surface area (Å²) in [6.07, 6.45) is 2.66. The number of aliphatic hydroxyl groups is 1. The minimum absolute atomic E-state index is 0.0128. The molecule has 0 bridgehead atoms.